The third-order valence-electron chi connectivity index (χ3n) is 5.21. The summed E-state index contributed by atoms with van der Waals surface area (Å²) in [7, 11) is -0.814. The average Bonchev–Trinajstić information content (AvgIpc) is 2.63. The van der Waals surface area contributed by atoms with Crippen LogP contribution in [0.3, 0.4) is 0 Å². The van der Waals surface area contributed by atoms with Crippen molar-refractivity contribution in [2.24, 2.45) is 0 Å². The normalized spacial score (nSPS) is 28.1. The van der Waals surface area contributed by atoms with E-state index in [-0.39, 0.29) is 17.2 Å². The summed E-state index contributed by atoms with van der Waals surface area (Å²) in [5, 5.41) is 0. The summed E-state index contributed by atoms with van der Waals surface area (Å²) in [6.45, 7) is 8.31. The number of amides is 1. The quantitative estimate of drug-likeness (QED) is 0.668. The number of rotatable bonds is 5. The van der Waals surface area contributed by atoms with Gasteiger partial charge in [0.15, 0.2) is 0 Å². The molecule has 0 bridgehead atoms. The number of carbonyl (C=O) groups excluding carboxylic acids is 1. The lowest BCUT2D eigenvalue weighted by Gasteiger charge is -2.49. The predicted molar refractivity (Wildman–Crippen MR) is 92.1 cm³/mol. The van der Waals surface area contributed by atoms with Gasteiger partial charge in [0, 0.05) is 57.5 Å². The zero-order valence-electron chi connectivity index (χ0n) is 14.3. The number of hydrogen-bond acceptors (Lipinski definition) is 5. The van der Waals surface area contributed by atoms with Crippen molar-refractivity contribution in [3.05, 3.63) is 12.7 Å². The van der Waals surface area contributed by atoms with Crippen molar-refractivity contribution >= 4 is 15.7 Å². The fourth-order valence-corrected chi connectivity index (χ4v) is 4.20. The minimum absolute atomic E-state index is 0.0265. The number of carbonyl (C=O) groups is 1. The Kier molecular flexibility index (Phi) is 5.86. The first kappa shape index (κ1) is 18.4. The summed E-state index contributed by atoms with van der Waals surface area (Å²) in [6, 6.07) is 0. The molecule has 1 spiro atoms. The van der Waals surface area contributed by atoms with E-state index in [2.05, 4.69) is 23.4 Å². The maximum atomic E-state index is 12.2. The minimum Gasteiger partial charge on any atom is -0.339 e. The van der Waals surface area contributed by atoms with Gasteiger partial charge in [0.1, 0.15) is 9.84 Å². The molecule has 0 aromatic rings. The van der Waals surface area contributed by atoms with Gasteiger partial charge >= 0.3 is 0 Å². The summed E-state index contributed by atoms with van der Waals surface area (Å²) in [5.74, 6) is 0.400. The fourth-order valence-electron chi connectivity index (χ4n) is 3.61. The third-order valence-corrected chi connectivity index (χ3v) is 6.14. The van der Waals surface area contributed by atoms with Crippen LogP contribution in [0.15, 0.2) is 12.7 Å². The molecule has 2 saturated heterocycles. The molecule has 0 N–H and O–H groups in total. The molecular formula is C16H29N3O3S. The van der Waals surface area contributed by atoms with E-state index < -0.39 is 9.84 Å². The van der Waals surface area contributed by atoms with E-state index in [9.17, 15) is 13.2 Å². The molecule has 132 valence electrons. The highest BCUT2D eigenvalue weighted by Gasteiger charge is 2.42. The molecule has 6 nitrogen and oxygen atoms in total. The van der Waals surface area contributed by atoms with Crippen LogP contribution in [0.1, 0.15) is 19.3 Å². The summed E-state index contributed by atoms with van der Waals surface area (Å²) in [6.07, 6.45) is 5.39. The summed E-state index contributed by atoms with van der Waals surface area (Å²) < 4.78 is 22.8. The van der Waals surface area contributed by atoms with Gasteiger partial charge in [-0.1, -0.05) is 6.08 Å². The van der Waals surface area contributed by atoms with Crippen LogP contribution in [0.25, 0.3) is 0 Å². The summed E-state index contributed by atoms with van der Waals surface area (Å²) in [4.78, 5) is 18.7. The number of likely N-dealkylation sites (tertiary alicyclic amines) is 1. The monoisotopic (exact) mass is 343 g/mol. The number of sulfone groups is 1. The molecule has 0 radical (unpaired) electrons. The summed E-state index contributed by atoms with van der Waals surface area (Å²) >= 11 is 0. The van der Waals surface area contributed by atoms with Gasteiger partial charge in [-0.2, -0.15) is 0 Å². The molecule has 1 amide bonds. The van der Waals surface area contributed by atoms with Crippen molar-refractivity contribution in [2.45, 2.75) is 24.8 Å². The molecule has 1 atom stereocenters. The van der Waals surface area contributed by atoms with Crippen LogP contribution in [0, 0.1) is 0 Å². The molecule has 7 heteroatoms. The Morgan fingerprint density at radius 2 is 2.00 bits per heavy atom. The van der Waals surface area contributed by atoms with Crippen LogP contribution in [-0.2, 0) is 14.6 Å². The van der Waals surface area contributed by atoms with Crippen molar-refractivity contribution < 1.29 is 13.2 Å². The Hall–Kier alpha value is -0.920. The summed E-state index contributed by atoms with van der Waals surface area (Å²) in [5.41, 5.74) is -0.0265. The molecule has 0 aliphatic carbocycles. The Labute approximate surface area is 140 Å². The molecule has 1 unspecified atom stereocenters. The maximum Gasteiger partial charge on any atom is 0.222 e. The molecule has 2 rings (SSSR count). The highest BCUT2D eigenvalue weighted by Crippen LogP contribution is 2.32. The van der Waals surface area contributed by atoms with Crippen LogP contribution >= 0.6 is 0 Å². The lowest BCUT2D eigenvalue weighted by atomic mass is 9.86. The largest absolute Gasteiger partial charge is 0.339 e. The van der Waals surface area contributed by atoms with E-state index in [1.165, 1.54) is 6.26 Å². The second kappa shape index (κ2) is 7.32. The van der Waals surface area contributed by atoms with Gasteiger partial charge in [0.25, 0.3) is 0 Å². The average molecular weight is 343 g/mol. The molecule has 0 saturated carbocycles. The number of hydrogen-bond donors (Lipinski definition) is 0. The van der Waals surface area contributed by atoms with Gasteiger partial charge in [-0.3, -0.25) is 14.6 Å². The SMILES string of the molecule is C=CCN1CCC2(CCC1=O)CN(CCS(C)(=O)=O)CCN2C. The van der Waals surface area contributed by atoms with E-state index >= 15 is 0 Å². The van der Waals surface area contributed by atoms with E-state index in [0.29, 0.717) is 19.5 Å². The number of nitrogens with zero attached hydrogens (tertiary/aromatic N) is 3. The fraction of sp³-hybridized carbons (Fsp3) is 0.812. The minimum atomic E-state index is -2.94. The first-order valence-corrected chi connectivity index (χ1v) is 10.3. The van der Waals surface area contributed by atoms with Gasteiger partial charge < -0.3 is 4.90 Å². The zero-order valence-corrected chi connectivity index (χ0v) is 15.1. The van der Waals surface area contributed by atoms with Gasteiger partial charge in [-0.25, -0.2) is 8.42 Å². The Bertz CT molecular complexity index is 549. The molecule has 2 fully saturated rings. The Balaban J connectivity index is 2.05. The standard InChI is InChI=1S/C16H29N3O3S/c1-4-8-19-9-7-16(6-5-15(19)20)14-18(11-10-17(16)2)12-13-23(3,21)22/h4H,1,5-14H2,2-3H3. The van der Waals surface area contributed by atoms with E-state index in [1.807, 2.05) is 4.90 Å². The highest BCUT2D eigenvalue weighted by molar-refractivity contribution is 7.90. The first-order valence-electron chi connectivity index (χ1n) is 8.26. The van der Waals surface area contributed by atoms with Crippen molar-refractivity contribution in [1.29, 1.82) is 0 Å². The molecule has 0 aromatic carbocycles. The molecule has 2 aliphatic rings. The van der Waals surface area contributed by atoms with Crippen molar-refractivity contribution in [3.8, 4) is 0 Å². The first-order chi connectivity index (χ1) is 10.8. The molecule has 2 heterocycles. The highest BCUT2D eigenvalue weighted by atomic mass is 32.2. The van der Waals surface area contributed by atoms with Crippen LogP contribution < -0.4 is 0 Å². The van der Waals surface area contributed by atoms with Crippen molar-refractivity contribution in [3.63, 3.8) is 0 Å². The van der Waals surface area contributed by atoms with Gasteiger partial charge in [-0.15, -0.1) is 6.58 Å². The topological polar surface area (TPSA) is 60.9 Å². The Morgan fingerprint density at radius 1 is 1.26 bits per heavy atom. The van der Waals surface area contributed by atoms with Crippen LogP contribution in [-0.4, -0.2) is 92.9 Å². The van der Waals surface area contributed by atoms with Gasteiger partial charge in [0.05, 0.1) is 5.75 Å². The van der Waals surface area contributed by atoms with Crippen molar-refractivity contribution in [2.75, 3.05) is 58.3 Å². The van der Waals surface area contributed by atoms with Gasteiger partial charge in [0.2, 0.25) is 5.91 Å². The molecule has 23 heavy (non-hydrogen) atoms. The maximum absolute atomic E-state index is 12.2. The lowest BCUT2D eigenvalue weighted by Crippen LogP contribution is -2.61. The van der Waals surface area contributed by atoms with Crippen molar-refractivity contribution in [1.82, 2.24) is 14.7 Å². The molecule has 2 aliphatic heterocycles. The Morgan fingerprint density at radius 3 is 2.65 bits per heavy atom. The predicted octanol–water partition coefficient (Wildman–Crippen LogP) is 0.216. The van der Waals surface area contributed by atoms with Crippen LogP contribution in [0.4, 0.5) is 0 Å². The van der Waals surface area contributed by atoms with E-state index in [4.69, 9.17) is 0 Å². The molecular weight excluding hydrogens is 314 g/mol. The molecule has 0 aromatic heterocycles. The lowest BCUT2D eigenvalue weighted by molar-refractivity contribution is -0.130. The van der Waals surface area contributed by atoms with E-state index in [0.717, 1.165) is 39.0 Å². The second-order valence-corrected chi connectivity index (χ2v) is 9.19. The number of likely N-dealkylation sites (N-methyl/N-ethyl adjacent to an activating group) is 1. The van der Waals surface area contributed by atoms with Crippen LogP contribution in [0.5, 0.6) is 0 Å². The van der Waals surface area contributed by atoms with Crippen LogP contribution in [0.2, 0.25) is 0 Å². The smallest absolute Gasteiger partial charge is 0.222 e. The second-order valence-electron chi connectivity index (χ2n) is 6.93. The van der Waals surface area contributed by atoms with Gasteiger partial charge in [-0.05, 0) is 19.9 Å². The zero-order chi connectivity index (χ0) is 17.1. The van der Waals surface area contributed by atoms with E-state index in [1.54, 1.807) is 6.08 Å². The number of piperazine rings is 1. The third kappa shape index (κ3) is 4.78.